The highest BCUT2D eigenvalue weighted by Gasteiger charge is 2.37. The van der Waals surface area contributed by atoms with Crippen LogP contribution in [-0.2, 0) is 17.3 Å². The fraction of sp³-hybridized carbons (Fsp3) is 0.667. The summed E-state index contributed by atoms with van der Waals surface area (Å²) in [5.41, 5.74) is 15.4. The Bertz CT molecular complexity index is 778. The highest BCUT2D eigenvalue weighted by Crippen LogP contribution is 2.47. The van der Waals surface area contributed by atoms with E-state index in [1.807, 2.05) is 0 Å². The third-order valence-corrected chi connectivity index (χ3v) is 7.37. The van der Waals surface area contributed by atoms with Crippen LogP contribution in [0, 0.1) is 12.8 Å². The minimum Gasteiger partial charge on any atom is -0.330 e. The van der Waals surface area contributed by atoms with Crippen LogP contribution in [0.4, 0.5) is 0 Å². The van der Waals surface area contributed by atoms with Gasteiger partial charge in [-0.05, 0) is 91.5 Å². The fourth-order valence-electron chi connectivity index (χ4n) is 4.99. The second kappa shape index (κ2) is 11.0. The van der Waals surface area contributed by atoms with Crippen molar-refractivity contribution < 1.29 is 0 Å². The summed E-state index contributed by atoms with van der Waals surface area (Å²) in [5.74, 6) is 0.612. The molecule has 2 aliphatic rings. The van der Waals surface area contributed by atoms with Gasteiger partial charge in [0.2, 0.25) is 0 Å². The van der Waals surface area contributed by atoms with E-state index in [9.17, 15) is 0 Å². The first kappa shape index (κ1) is 25.9. The maximum atomic E-state index is 5.59. The van der Waals surface area contributed by atoms with Gasteiger partial charge >= 0.3 is 0 Å². The van der Waals surface area contributed by atoms with Gasteiger partial charge in [-0.3, -0.25) is 0 Å². The molecule has 1 nitrogen and oxygen atoms in total. The Morgan fingerprint density at radius 1 is 1.00 bits per heavy atom. The van der Waals surface area contributed by atoms with Crippen molar-refractivity contribution in [1.82, 2.24) is 0 Å². The number of unbranched alkanes of at least 4 members (excludes halogenated alkanes) is 2. The molecule has 0 amide bonds. The van der Waals surface area contributed by atoms with E-state index >= 15 is 0 Å². The van der Waals surface area contributed by atoms with E-state index in [0.717, 1.165) is 25.8 Å². The van der Waals surface area contributed by atoms with Crippen molar-refractivity contribution in [3.05, 3.63) is 58.2 Å². The molecule has 0 aliphatic heterocycles. The molecule has 31 heavy (non-hydrogen) atoms. The summed E-state index contributed by atoms with van der Waals surface area (Å²) in [4.78, 5) is 0. The van der Waals surface area contributed by atoms with Gasteiger partial charge < -0.3 is 5.73 Å². The minimum absolute atomic E-state index is 0.293. The summed E-state index contributed by atoms with van der Waals surface area (Å²) < 4.78 is 0. The minimum atomic E-state index is 0.293. The number of fused-ring (bicyclic) bond motifs is 1. The Kier molecular flexibility index (Phi) is 9.19. The Morgan fingerprint density at radius 3 is 2.10 bits per heavy atom. The first-order valence-corrected chi connectivity index (χ1v) is 12.8. The van der Waals surface area contributed by atoms with Crippen molar-refractivity contribution in [3.63, 3.8) is 0 Å². The van der Waals surface area contributed by atoms with E-state index in [-0.39, 0.29) is 0 Å². The molecule has 1 aromatic carbocycles. The molecule has 0 saturated heterocycles. The molecular weight excluding hydrogens is 374 g/mol. The SMILES string of the molecule is C=C(CCCCCN)C1C=C(Cc2cc3c(cc2C)C(C)(C)CCC3(C)C)C1.CCC. The average Bonchev–Trinajstić information content (AvgIpc) is 2.66. The second-order valence-corrected chi connectivity index (χ2v) is 11.4. The van der Waals surface area contributed by atoms with Crippen LogP contribution in [0.5, 0.6) is 0 Å². The van der Waals surface area contributed by atoms with Crippen LogP contribution in [0.25, 0.3) is 0 Å². The molecule has 1 atom stereocenters. The standard InChI is InChI=1S/C27H41N.C3H8/c1-19(10-8-7-9-13-28)22-15-21(16-22)17-23-18-25-24(14-20(23)2)26(3,4)11-12-27(25,5)6;1-3-2/h14-15,18,22H,1,7-13,16-17,28H2,2-6H3;3H2,1-2H3. The molecule has 0 spiro atoms. The maximum Gasteiger partial charge on any atom is 0.00141 e. The van der Waals surface area contributed by atoms with Gasteiger partial charge in [0.25, 0.3) is 0 Å². The predicted octanol–water partition coefficient (Wildman–Crippen LogP) is 8.32. The van der Waals surface area contributed by atoms with Crippen molar-refractivity contribution in [2.75, 3.05) is 6.54 Å². The molecule has 3 rings (SSSR count). The molecule has 0 fully saturated rings. The summed E-state index contributed by atoms with van der Waals surface area (Å²) in [6, 6.07) is 5.04. The number of hydrogen-bond donors (Lipinski definition) is 1. The first-order chi connectivity index (χ1) is 14.6. The molecule has 0 heterocycles. The zero-order valence-electron chi connectivity index (χ0n) is 21.7. The molecule has 174 valence electrons. The van der Waals surface area contributed by atoms with Crippen LogP contribution in [0.3, 0.4) is 0 Å². The molecule has 0 saturated carbocycles. The van der Waals surface area contributed by atoms with Crippen LogP contribution >= 0.6 is 0 Å². The molecule has 1 unspecified atom stereocenters. The van der Waals surface area contributed by atoms with Gasteiger partial charge in [0, 0.05) is 5.92 Å². The molecule has 2 aliphatic carbocycles. The van der Waals surface area contributed by atoms with Gasteiger partial charge in [0.1, 0.15) is 0 Å². The number of hydrogen-bond acceptors (Lipinski definition) is 1. The summed E-state index contributed by atoms with van der Waals surface area (Å²) >= 11 is 0. The van der Waals surface area contributed by atoms with Crippen LogP contribution in [0.1, 0.15) is 115 Å². The van der Waals surface area contributed by atoms with E-state index in [1.165, 1.54) is 55.2 Å². The van der Waals surface area contributed by atoms with Gasteiger partial charge in [-0.25, -0.2) is 0 Å². The van der Waals surface area contributed by atoms with Gasteiger partial charge in [-0.2, -0.15) is 0 Å². The third kappa shape index (κ3) is 6.58. The zero-order chi connectivity index (χ0) is 23.2. The number of allylic oxidation sites excluding steroid dienone is 3. The second-order valence-electron chi connectivity index (χ2n) is 11.4. The van der Waals surface area contributed by atoms with Gasteiger partial charge in [0.05, 0.1) is 0 Å². The topological polar surface area (TPSA) is 26.0 Å². The number of aryl methyl sites for hydroxylation is 1. The van der Waals surface area contributed by atoms with Crippen molar-refractivity contribution in [2.24, 2.45) is 11.7 Å². The normalized spacial score (nSPS) is 20.6. The smallest absolute Gasteiger partial charge is 0.00141 e. The van der Waals surface area contributed by atoms with Gasteiger partial charge in [-0.1, -0.05) is 90.3 Å². The van der Waals surface area contributed by atoms with Crippen molar-refractivity contribution in [3.8, 4) is 0 Å². The summed E-state index contributed by atoms with van der Waals surface area (Å²) in [6.07, 6.45) is 13.4. The Balaban J connectivity index is 0.00000107. The predicted molar refractivity (Wildman–Crippen MR) is 139 cm³/mol. The number of benzene rings is 1. The van der Waals surface area contributed by atoms with Crippen molar-refractivity contribution in [2.45, 2.75) is 117 Å². The molecule has 2 N–H and O–H groups in total. The fourth-order valence-corrected chi connectivity index (χ4v) is 4.99. The summed E-state index contributed by atoms with van der Waals surface area (Å²) in [6.45, 7) is 21.4. The lowest BCUT2D eigenvalue weighted by Crippen LogP contribution is -2.34. The Morgan fingerprint density at radius 2 is 1.55 bits per heavy atom. The van der Waals surface area contributed by atoms with E-state index in [4.69, 9.17) is 5.73 Å². The van der Waals surface area contributed by atoms with Crippen molar-refractivity contribution in [1.29, 1.82) is 0 Å². The third-order valence-electron chi connectivity index (χ3n) is 7.37. The lowest BCUT2D eigenvalue weighted by Gasteiger charge is -2.42. The quantitative estimate of drug-likeness (QED) is 0.330. The molecule has 0 bridgehead atoms. The highest BCUT2D eigenvalue weighted by atomic mass is 14.5. The van der Waals surface area contributed by atoms with Crippen LogP contribution < -0.4 is 5.73 Å². The van der Waals surface area contributed by atoms with E-state index in [2.05, 4.69) is 73.3 Å². The number of rotatable bonds is 8. The molecule has 0 aromatic heterocycles. The number of nitrogens with two attached hydrogens (primary N) is 1. The lowest BCUT2D eigenvalue weighted by atomic mass is 9.62. The van der Waals surface area contributed by atoms with E-state index in [0.29, 0.717) is 16.7 Å². The molecular formula is C30H49N. The lowest BCUT2D eigenvalue weighted by molar-refractivity contribution is 0.331. The molecule has 0 radical (unpaired) electrons. The van der Waals surface area contributed by atoms with Crippen molar-refractivity contribution >= 4 is 0 Å². The first-order valence-electron chi connectivity index (χ1n) is 12.8. The highest BCUT2D eigenvalue weighted by molar-refractivity contribution is 5.48. The molecule has 1 aromatic rings. The van der Waals surface area contributed by atoms with Gasteiger partial charge in [-0.15, -0.1) is 0 Å². The monoisotopic (exact) mass is 423 g/mol. The summed E-state index contributed by atoms with van der Waals surface area (Å²) in [5, 5.41) is 0. The zero-order valence-corrected chi connectivity index (χ0v) is 21.7. The van der Waals surface area contributed by atoms with Crippen LogP contribution in [-0.4, -0.2) is 6.54 Å². The largest absolute Gasteiger partial charge is 0.330 e. The van der Waals surface area contributed by atoms with E-state index in [1.54, 1.807) is 16.7 Å². The Hall–Kier alpha value is -1.34. The average molecular weight is 424 g/mol. The van der Waals surface area contributed by atoms with Crippen LogP contribution in [0.2, 0.25) is 0 Å². The van der Waals surface area contributed by atoms with Crippen LogP contribution in [0.15, 0.2) is 35.9 Å². The maximum absolute atomic E-state index is 5.59. The van der Waals surface area contributed by atoms with E-state index < -0.39 is 0 Å². The van der Waals surface area contributed by atoms with Gasteiger partial charge in [0.15, 0.2) is 0 Å². The summed E-state index contributed by atoms with van der Waals surface area (Å²) in [7, 11) is 0. The Labute approximate surface area is 193 Å². The molecule has 1 heteroatoms.